The highest BCUT2D eigenvalue weighted by Crippen LogP contribution is 2.07. The molecule has 0 amide bonds. The number of hydrogen-bond donors (Lipinski definition) is 2. The molecule has 17 heavy (non-hydrogen) atoms. The Morgan fingerprint density at radius 1 is 1.35 bits per heavy atom. The van der Waals surface area contributed by atoms with E-state index in [2.05, 4.69) is 10.0 Å². The lowest BCUT2D eigenvalue weighted by molar-refractivity contribution is 0.0276. The summed E-state index contributed by atoms with van der Waals surface area (Å²) < 4.78 is 31.5. The average molecular weight is 266 g/mol. The fraction of sp³-hybridized carbons (Fsp3) is 1.00. The fourth-order valence-corrected chi connectivity index (χ4v) is 2.25. The van der Waals surface area contributed by atoms with Crippen LogP contribution in [0.2, 0.25) is 0 Å². The molecule has 0 rings (SSSR count). The molecule has 0 radical (unpaired) electrons. The molecule has 0 aromatic heterocycles. The van der Waals surface area contributed by atoms with E-state index in [0.29, 0.717) is 6.54 Å². The summed E-state index contributed by atoms with van der Waals surface area (Å²) in [6.07, 6.45) is 0.997. The quantitative estimate of drug-likeness (QED) is 0.603. The molecule has 0 fully saturated rings. The molecule has 0 saturated carbocycles. The molecule has 0 spiro atoms. The molecule has 1 atom stereocenters. The van der Waals surface area contributed by atoms with Gasteiger partial charge in [-0.3, -0.25) is 0 Å². The second-order valence-electron chi connectivity index (χ2n) is 4.84. The second-order valence-corrected chi connectivity index (χ2v) is 7.03. The van der Waals surface area contributed by atoms with E-state index < -0.39 is 20.9 Å². The number of nitrogens with one attached hydrogen (secondary N) is 2. The van der Waals surface area contributed by atoms with Crippen LogP contribution in [0.25, 0.3) is 0 Å². The van der Waals surface area contributed by atoms with Crippen molar-refractivity contribution in [3.05, 3.63) is 0 Å². The highest BCUT2D eigenvalue weighted by Gasteiger charge is 2.24. The molecule has 0 aromatic rings. The van der Waals surface area contributed by atoms with Crippen LogP contribution in [0.5, 0.6) is 0 Å². The van der Waals surface area contributed by atoms with Crippen molar-refractivity contribution >= 4 is 10.0 Å². The standard InChI is InChI=1S/C11H26N2O3S/c1-6-7-12-8-10(2)17(14,15)13-9-11(3,4)16-5/h10,12-13H,6-9H2,1-5H3. The zero-order chi connectivity index (χ0) is 13.5. The Bertz CT molecular complexity index is 302. The maximum absolute atomic E-state index is 11.9. The minimum Gasteiger partial charge on any atom is -0.377 e. The lowest BCUT2D eigenvalue weighted by Crippen LogP contribution is -2.45. The molecule has 0 aromatic carbocycles. The Morgan fingerprint density at radius 3 is 2.41 bits per heavy atom. The molecule has 5 nitrogen and oxygen atoms in total. The van der Waals surface area contributed by atoms with Crippen LogP contribution in [0, 0.1) is 0 Å². The molecule has 1 unspecified atom stereocenters. The van der Waals surface area contributed by atoms with Crippen molar-refractivity contribution < 1.29 is 13.2 Å². The van der Waals surface area contributed by atoms with Gasteiger partial charge in [-0.05, 0) is 33.7 Å². The Labute approximate surface area is 105 Å². The number of ether oxygens (including phenoxy) is 1. The summed E-state index contributed by atoms with van der Waals surface area (Å²) in [7, 11) is -1.71. The summed E-state index contributed by atoms with van der Waals surface area (Å²) in [5, 5.41) is 2.66. The van der Waals surface area contributed by atoms with E-state index in [1.54, 1.807) is 14.0 Å². The monoisotopic (exact) mass is 266 g/mol. The van der Waals surface area contributed by atoms with Crippen LogP contribution in [0.1, 0.15) is 34.1 Å². The van der Waals surface area contributed by atoms with Crippen LogP contribution < -0.4 is 10.0 Å². The zero-order valence-electron chi connectivity index (χ0n) is 11.5. The molecule has 0 aliphatic carbocycles. The van der Waals surface area contributed by atoms with E-state index in [9.17, 15) is 8.42 Å². The number of rotatable bonds is 9. The Morgan fingerprint density at radius 2 is 1.94 bits per heavy atom. The van der Waals surface area contributed by atoms with Gasteiger partial charge in [0.2, 0.25) is 10.0 Å². The lowest BCUT2D eigenvalue weighted by Gasteiger charge is -2.24. The minimum atomic E-state index is -3.28. The van der Waals surface area contributed by atoms with Gasteiger partial charge in [0.1, 0.15) is 0 Å². The molecular formula is C11H26N2O3S. The molecule has 0 aliphatic rings. The van der Waals surface area contributed by atoms with Gasteiger partial charge in [-0.2, -0.15) is 0 Å². The molecule has 0 bridgehead atoms. The van der Waals surface area contributed by atoms with Crippen molar-refractivity contribution in [3.63, 3.8) is 0 Å². The van der Waals surface area contributed by atoms with Crippen LogP contribution in [0.3, 0.4) is 0 Å². The molecule has 0 aliphatic heterocycles. The number of sulfonamides is 1. The van der Waals surface area contributed by atoms with Crippen molar-refractivity contribution in [1.29, 1.82) is 0 Å². The predicted octanol–water partition coefficient (Wildman–Crippen LogP) is 0.719. The van der Waals surface area contributed by atoms with E-state index >= 15 is 0 Å². The zero-order valence-corrected chi connectivity index (χ0v) is 12.4. The second kappa shape index (κ2) is 7.31. The molecule has 0 saturated heterocycles. The van der Waals surface area contributed by atoms with Gasteiger partial charge < -0.3 is 10.1 Å². The molecule has 2 N–H and O–H groups in total. The lowest BCUT2D eigenvalue weighted by atomic mass is 10.1. The minimum absolute atomic E-state index is 0.282. The SMILES string of the molecule is CCCNCC(C)S(=O)(=O)NCC(C)(C)OC. The maximum atomic E-state index is 11.9. The smallest absolute Gasteiger partial charge is 0.215 e. The van der Waals surface area contributed by atoms with E-state index in [4.69, 9.17) is 4.74 Å². The third kappa shape index (κ3) is 6.98. The Balaban J connectivity index is 4.19. The summed E-state index contributed by atoms with van der Waals surface area (Å²) in [5.41, 5.74) is -0.483. The van der Waals surface area contributed by atoms with Crippen LogP contribution in [-0.4, -0.2) is 46.0 Å². The highest BCUT2D eigenvalue weighted by atomic mass is 32.2. The first-order valence-corrected chi connectivity index (χ1v) is 7.54. The summed E-state index contributed by atoms with van der Waals surface area (Å²) >= 11 is 0. The van der Waals surface area contributed by atoms with Gasteiger partial charge >= 0.3 is 0 Å². The van der Waals surface area contributed by atoms with Gasteiger partial charge in [-0.1, -0.05) is 6.92 Å². The van der Waals surface area contributed by atoms with Crippen molar-refractivity contribution in [2.75, 3.05) is 26.7 Å². The fourth-order valence-electron chi connectivity index (χ4n) is 1.08. The molecule has 104 valence electrons. The van der Waals surface area contributed by atoms with E-state index in [-0.39, 0.29) is 6.54 Å². The van der Waals surface area contributed by atoms with E-state index in [1.165, 1.54) is 0 Å². The third-order valence-corrected chi connectivity index (χ3v) is 4.41. The summed E-state index contributed by atoms with van der Waals surface area (Å²) in [4.78, 5) is 0. The van der Waals surface area contributed by atoms with Crippen molar-refractivity contribution in [2.24, 2.45) is 0 Å². The van der Waals surface area contributed by atoms with Crippen molar-refractivity contribution in [1.82, 2.24) is 10.0 Å². The molecular weight excluding hydrogens is 240 g/mol. The van der Waals surface area contributed by atoms with Gasteiger partial charge in [-0.15, -0.1) is 0 Å². The van der Waals surface area contributed by atoms with Gasteiger partial charge in [0.15, 0.2) is 0 Å². The van der Waals surface area contributed by atoms with Crippen LogP contribution >= 0.6 is 0 Å². The van der Waals surface area contributed by atoms with Gasteiger partial charge in [-0.25, -0.2) is 13.1 Å². The number of methoxy groups -OCH3 is 1. The molecule has 6 heteroatoms. The van der Waals surface area contributed by atoms with Gasteiger partial charge in [0, 0.05) is 20.2 Å². The van der Waals surface area contributed by atoms with E-state index in [0.717, 1.165) is 13.0 Å². The van der Waals surface area contributed by atoms with Crippen LogP contribution in [0.4, 0.5) is 0 Å². The topological polar surface area (TPSA) is 67.4 Å². The third-order valence-electron chi connectivity index (χ3n) is 2.64. The van der Waals surface area contributed by atoms with Crippen molar-refractivity contribution in [2.45, 2.75) is 45.0 Å². The first-order valence-electron chi connectivity index (χ1n) is 5.99. The summed E-state index contributed by atoms with van der Waals surface area (Å²) in [6, 6.07) is 0. The summed E-state index contributed by atoms with van der Waals surface area (Å²) in [6.45, 7) is 9.02. The van der Waals surface area contributed by atoms with Gasteiger partial charge in [0.05, 0.1) is 10.9 Å². The van der Waals surface area contributed by atoms with Crippen LogP contribution in [-0.2, 0) is 14.8 Å². The first-order chi connectivity index (χ1) is 7.75. The Kier molecular flexibility index (Phi) is 7.23. The largest absolute Gasteiger partial charge is 0.377 e. The predicted molar refractivity (Wildman–Crippen MR) is 70.6 cm³/mol. The highest BCUT2D eigenvalue weighted by molar-refractivity contribution is 7.90. The van der Waals surface area contributed by atoms with E-state index in [1.807, 2.05) is 20.8 Å². The first kappa shape index (κ1) is 16.8. The van der Waals surface area contributed by atoms with Crippen LogP contribution in [0.15, 0.2) is 0 Å². The molecule has 0 heterocycles. The van der Waals surface area contributed by atoms with Crippen molar-refractivity contribution in [3.8, 4) is 0 Å². The average Bonchev–Trinajstić information content (AvgIpc) is 2.27. The normalized spacial score (nSPS) is 14.9. The Hall–Kier alpha value is -0.170. The number of hydrogen-bond acceptors (Lipinski definition) is 4. The van der Waals surface area contributed by atoms with Gasteiger partial charge in [0.25, 0.3) is 0 Å². The maximum Gasteiger partial charge on any atom is 0.215 e. The summed E-state index contributed by atoms with van der Waals surface area (Å²) in [5.74, 6) is 0.